The Balaban J connectivity index is 2.21. The third-order valence-electron chi connectivity index (χ3n) is 3.65. The Bertz CT molecular complexity index is 883. The van der Waals surface area contributed by atoms with Gasteiger partial charge in [-0.3, -0.25) is 4.79 Å². The number of aryl methyl sites for hydroxylation is 1. The van der Waals surface area contributed by atoms with Crippen LogP contribution in [0.25, 0.3) is 0 Å². The summed E-state index contributed by atoms with van der Waals surface area (Å²) in [7, 11) is -1.99. The zero-order valence-corrected chi connectivity index (χ0v) is 16.3. The summed E-state index contributed by atoms with van der Waals surface area (Å²) in [6.07, 6.45) is 0.975. The number of anilines is 1. The lowest BCUT2D eigenvalue weighted by Gasteiger charge is -2.18. The number of benzene rings is 2. The number of hydrogen-bond acceptors (Lipinski definition) is 4. The number of nitrogens with one attached hydrogen (secondary N) is 2. The van der Waals surface area contributed by atoms with E-state index < -0.39 is 16.1 Å². The van der Waals surface area contributed by atoms with E-state index in [1.165, 1.54) is 7.11 Å². The molecular formula is C18H21ClN2O4S. The number of carbonyl (C=O) groups excluding carboxylic acids is 1. The molecule has 2 rings (SSSR count). The SMILES string of the molecule is COc1ccc(C)cc1NC(=O)CC(NS(C)(=O)=O)c1ccc(Cl)cc1. The summed E-state index contributed by atoms with van der Waals surface area (Å²) in [6, 6.07) is 11.4. The number of sulfonamides is 1. The molecule has 6 nitrogen and oxygen atoms in total. The third-order valence-corrected chi connectivity index (χ3v) is 4.61. The molecule has 2 aromatic carbocycles. The molecule has 1 atom stereocenters. The van der Waals surface area contributed by atoms with Crippen LogP contribution in [0.5, 0.6) is 5.75 Å². The van der Waals surface area contributed by atoms with Gasteiger partial charge in [-0.25, -0.2) is 13.1 Å². The van der Waals surface area contributed by atoms with Gasteiger partial charge < -0.3 is 10.1 Å². The van der Waals surface area contributed by atoms with Crippen molar-refractivity contribution in [1.82, 2.24) is 4.72 Å². The molecular weight excluding hydrogens is 376 g/mol. The molecule has 0 fully saturated rings. The third kappa shape index (κ3) is 6.01. The van der Waals surface area contributed by atoms with Crippen molar-refractivity contribution in [3.05, 3.63) is 58.6 Å². The molecule has 0 aliphatic carbocycles. The van der Waals surface area contributed by atoms with Crippen molar-refractivity contribution in [3.8, 4) is 5.75 Å². The van der Waals surface area contributed by atoms with Gasteiger partial charge in [0.1, 0.15) is 5.75 Å². The highest BCUT2D eigenvalue weighted by atomic mass is 35.5. The Morgan fingerprint density at radius 2 is 1.85 bits per heavy atom. The summed E-state index contributed by atoms with van der Waals surface area (Å²) < 4.78 is 31.1. The first-order valence-electron chi connectivity index (χ1n) is 7.85. The van der Waals surface area contributed by atoms with Crippen LogP contribution >= 0.6 is 11.6 Å². The average Bonchev–Trinajstić information content (AvgIpc) is 2.54. The zero-order chi connectivity index (χ0) is 19.3. The summed E-state index contributed by atoms with van der Waals surface area (Å²) >= 11 is 5.88. The zero-order valence-electron chi connectivity index (χ0n) is 14.7. The summed E-state index contributed by atoms with van der Waals surface area (Å²) in [4.78, 5) is 12.5. The second-order valence-corrected chi connectivity index (χ2v) is 8.17. The molecule has 0 aliphatic heterocycles. The molecule has 0 spiro atoms. The maximum atomic E-state index is 12.5. The maximum Gasteiger partial charge on any atom is 0.226 e. The van der Waals surface area contributed by atoms with E-state index in [9.17, 15) is 13.2 Å². The van der Waals surface area contributed by atoms with Crippen LogP contribution in [0.4, 0.5) is 5.69 Å². The van der Waals surface area contributed by atoms with Gasteiger partial charge in [-0.05, 0) is 42.3 Å². The van der Waals surface area contributed by atoms with Crippen molar-refractivity contribution in [2.24, 2.45) is 0 Å². The van der Waals surface area contributed by atoms with Crippen LogP contribution in [0.1, 0.15) is 23.6 Å². The molecule has 0 radical (unpaired) electrons. The highest BCUT2D eigenvalue weighted by molar-refractivity contribution is 7.88. The fourth-order valence-corrected chi connectivity index (χ4v) is 3.35. The molecule has 2 aromatic rings. The highest BCUT2D eigenvalue weighted by Crippen LogP contribution is 2.27. The van der Waals surface area contributed by atoms with Crippen molar-refractivity contribution in [1.29, 1.82) is 0 Å². The molecule has 140 valence electrons. The average molecular weight is 397 g/mol. The van der Waals surface area contributed by atoms with E-state index in [-0.39, 0.29) is 12.3 Å². The van der Waals surface area contributed by atoms with E-state index in [2.05, 4.69) is 10.0 Å². The van der Waals surface area contributed by atoms with Gasteiger partial charge in [0.05, 0.1) is 25.1 Å². The lowest BCUT2D eigenvalue weighted by atomic mass is 10.0. The van der Waals surface area contributed by atoms with Gasteiger partial charge in [0.25, 0.3) is 0 Å². The summed E-state index contributed by atoms with van der Waals surface area (Å²) in [5.41, 5.74) is 2.14. The second-order valence-electron chi connectivity index (χ2n) is 5.95. The molecule has 8 heteroatoms. The van der Waals surface area contributed by atoms with Crippen LogP contribution in [-0.4, -0.2) is 27.7 Å². The van der Waals surface area contributed by atoms with E-state index in [1.54, 1.807) is 36.4 Å². The van der Waals surface area contributed by atoms with Gasteiger partial charge in [-0.15, -0.1) is 0 Å². The Hall–Kier alpha value is -2.09. The van der Waals surface area contributed by atoms with E-state index in [4.69, 9.17) is 16.3 Å². The number of rotatable bonds is 7. The molecule has 0 saturated carbocycles. The van der Waals surface area contributed by atoms with Crippen LogP contribution < -0.4 is 14.8 Å². The van der Waals surface area contributed by atoms with Gasteiger partial charge in [0, 0.05) is 11.4 Å². The van der Waals surface area contributed by atoms with E-state index in [0.717, 1.165) is 11.8 Å². The number of hydrogen-bond donors (Lipinski definition) is 2. The van der Waals surface area contributed by atoms with E-state index >= 15 is 0 Å². The fraction of sp³-hybridized carbons (Fsp3) is 0.278. The molecule has 0 heterocycles. The van der Waals surface area contributed by atoms with Crippen molar-refractivity contribution >= 4 is 33.2 Å². The molecule has 1 amide bonds. The topological polar surface area (TPSA) is 84.5 Å². The second kappa shape index (κ2) is 8.53. The molecule has 2 N–H and O–H groups in total. The largest absolute Gasteiger partial charge is 0.495 e. The van der Waals surface area contributed by atoms with Crippen LogP contribution in [0.15, 0.2) is 42.5 Å². The van der Waals surface area contributed by atoms with E-state index in [1.807, 2.05) is 13.0 Å². The monoisotopic (exact) mass is 396 g/mol. The smallest absolute Gasteiger partial charge is 0.226 e. The van der Waals surface area contributed by atoms with Gasteiger partial charge in [-0.2, -0.15) is 0 Å². The Labute approximate surface area is 158 Å². The first-order chi connectivity index (χ1) is 12.2. The van der Waals surface area contributed by atoms with Crippen LogP contribution in [0.2, 0.25) is 5.02 Å². The highest BCUT2D eigenvalue weighted by Gasteiger charge is 2.20. The summed E-state index contributed by atoms with van der Waals surface area (Å²) in [6.45, 7) is 1.90. The molecule has 0 bridgehead atoms. The van der Waals surface area contributed by atoms with E-state index in [0.29, 0.717) is 22.0 Å². The van der Waals surface area contributed by atoms with Gasteiger partial charge >= 0.3 is 0 Å². The van der Waals surface area contributed by atoms with Crippen molar-refractivity contribution in [3.63, 3.8) is 0 Å². The van der Waals surface area contributed by atoms with Gasteiger partial charge in [0.15, 0.2) is 0 Å². The Morgan fingerprint density at radius 1 is 1.19 bits per heavy atom. The lowest BCUT2D eigenvalue weighted by Crippen LogP contribution is -2.30. The molecule has 26 heavy (non-hydrogen) atoms. The van der Waals surface area contributed by atoms with Gasteiger partial charge in [-0.1, -0.05) is 29.8 Å². The van der Waals surface area contributed by atoms with Crippen LogP contribution in [-0.2, 0) is 14.8 Å². The minimum atomic E-state index is -3.51. The minimum absolute atomic E-state index is 0.0776. The van der Waals surface area contributed by atoms with Gasteiger partial charge in [0.2, 0.25) is 15.9 Å². The Morgan fingerprint density at radius 3 is 2.42 bits per heavy atom. The normalized spacial score (nSPS) is 12.5. The predicted molar refractivity (Wildman–Crippen MR) is 103 cm³/mol. The van der Waals surface area contributed by atoms with Crippen LogP contribution in [0.3, 0.4) is 0 Å². The number of carbonyl (C=O) groups is 1. The van der Waals surface area contributed by atoms with Crippen molar-refractivity contribution in [2.75, 3.05) is 18.7 Å². The lowest BCUT2D eigenvalue weighted by molar-refractivity contribution is -0.116. The first kappa shape index (κ1) is 20.2. The van der Waals surface area contributed by atoms with Crippen LogP contribution in [0, 0.1) is 6.92 Å². The number of methoxy groups -OCH3 is 1. The quantitative estimate of drug-likeness (QED) is 0.752. The number of amides is 1. The predicted octanol–water partition coefficient (Wildman–Crippen LogP) is 3.28. The molecule has 1 unspecified atom stereocenters. The van der Waals surface area contributed by atoms with Crippen molar-refractivity contribution < 1.29 is 17.9 Å². The number of halogens is 1. The minimum Gasteiger partial charge on any atom is -0.495 e. The summed E-state index contributed by atoms with van der Waals surface area (Å²) in [5, 5.41) is 3.30. The fourth-order valence-electron chi connectivity index (χ4n) is 2.49. The maximum absolute atomic E-state index is 12.5. The molecule has 0 aliphatic rings. The first-order valence-corrected chi connectivity index (χ1v) is 10.1. The number of ether oxygens (including phenoxy) is 1. The van der Waals surface area contributed by atoms with Crippen molar-refractivity contribution in [2.45, 2.75) is 19.4 Å². The standard InChI is InChI=1S/C18H21ClN2O4S/c1-12-4-9-17(25-2)16(10-12)20-18(22)11-15(21-26(3,23)24)13-5-7-14(19)8-6-13/h4-10,15,21H,11H2,1-3H3,(H,20,22). The Kier molecular flexibility index (Phi) is 6.63. The molecule has 0 saturated heterocycles. The summed E-state index contributed by atoms with van der Waals surface area (Å²) in [5.74, 6) is 0.188. The molecule has 0 aromatic heterocycles.